The molecule has 0 amide bonds. The van der Waals surface area contributed by atoms with Gasteiger partial charge in [-0.1, -0.05) is 6.42 Å². The van der Waals surface area contributed by atoms with E-state index in [0.29, 0.717) is 0 Å². The molecule has 1 aromatic heterocycles. The van der Waals surface area contributed by atoms with E-state index < -0.39 is 10.0 Å². The molecule has 1 saturated carbocycles. The van der Waals surface area contributed by atoms with Gasteiger partial charge in [0, 0.05) is 25.8 Å². The summed E-state index contributed by atoms with van der Waals surface area (Å²) in [7, 11) is -1.83. The lowest BCUT2D eigenvalue weighted by Gasteiger charge is -2.35. The minimum Gasteiger partial charge on any atom is -0.395 e. The molecule has 96 valence electrons. The predicted molar refractivity (Wildman–Crippen MR) is 61.8 cm³/mol. The molecule has 0 bridgehead atoms. The second-order valence-electron chi connectivity index (χ2n) is 4.30. The molecule has 0 spiro atoms. The van der Waals surface area contributed by atoms with Crippen LogP contribution in [0.25, 0.3) is 0 Å². The third kappa shape index (κ3) is 2.36. The number of aryl methyl sites for hydroxylation is 1. The minimum atomic E-state index is -3.56. The summed E-state index contributed by atoms with van der Waals surface area (Å²) in [4.78, 5) is 3.88. The Morgan fingerprint density at radius 2 is 2.29 bits per heavy atom. The summed E-state index contributed by atoms with van der Waals surface area (Å²) in [5.74, 6) is 0. The van der Waals surface area contributed by atoms with E-state index in [-0.39, 0.29) is 24.2 Å². The van der Waals surface area contributed by atoms with Crippen LogP contribution >= 0.6 is 0 Å². The molecule has 7 heteroatoms. The van der Waals surface area contributed by atoms with Crippen LogP contribution < -0.4 is 0 Å². The van der Waals surface area contributed by atoms with E-state index in [1.807, 2.05) is 0 Å². The van der Waals surface area contributed by atoms with Crippen molar-refractivity contribution in [2.45, 2.75) is 30.3 Å². The summed E-state index contributed by atoms with van der Waals surface area (Å²) in [6.07, 6.45) is 5.73. The molecule has 17 heavy (non-hydrogen) atoms. The normalized spacial score (nSPS) is 17.4. The van der Waals surface area contributed by atoms with Crippen LogP contribution in [0, 0.1) is 0 Å². The van der Waals surface area contributed by atoms with Crippen molar-refractivity contribution >= 4 is 10.0 Å². The zero-order valence-electron chi connectivity index (χ0n) is 9.78. The van der Waals surface area contributed by atoms with Gasteiger partial charge >= 0.3 is 0 Å². The molecule has 6 nitrogen and oxygen atoms in total. The van der Waals surface area contributed by atoms with Gasteiger partial charge in [0.15, 0.2) is 5.03 Å². The maximum Gasteiger partial charge on any atom is 0.262 e. The van der Waals surface area contributed by atoms with Gasteiger partial charge in [-0.15, -0.1) is 0 Å². The van der Waals surface area contributed by atoms with Gasteiger partial charge in [0.2, 0.25) is 0 Å². The van der Waals surface area contributed by atoms with Crippen LogP contribution in [0.5, 0.6) is 0 Å². The van der Waals surface area contributed by atoms with Gasteiger partial charge in [-0.3, -0.25) is 0 Å². The summed E-state index contributed by atoms with van der Waals surface area (Å²) < 4.78 is 27.6. The van der Waals surface area contributed by atoms with Gasteiger partial charge in [0.25, 0.3) is 10.0 Å². The molecule has 0 unspecified atom stereocenters. The largest absolute Gasteiger partial charge is 0.395 e. The summed E-state index contributed by atoms with van der Waals surface area (Å²) in [5.41, 5.74) is 0. The average Bonchev–Trinajstić information content (AvgIpc) is 2.62. The van der Waals surface area contributed by atoms with Crippen molar-refractivity contribution in [1.82, 2.24) is 13.9 Å². The number of hydrogen-bond donors (Lipinski definition) is 1. The second-order valence-corrected chi connectivity index (χ2v) is 6.14. The number of aliphatic hydroxyl groups is 1. The van der Waals surface area contributed by atoms with E-state index in [9.17, 15) is 8.42 Å². The van der Waals surface area contributed by atoms with E-state index in [4.69, 9.17) is 5.11 Å². The highest BCUT2D eigenvalue weighted by molar-refractivity contribution is 7.89. The molecule has 0 saturated heterocycles. The van der Waals surface area contributed by atoms with E-state index in [1.54, 1.807) is 11.6 Å². The third-order valence-electron chi connectivity index (χ3n) is 3.06. The van der Waals surface area contributed by atoms with E-state index >= 15 is 0 Å². The van der Waals surface area contributed by atoms with E-state index in [2.05, 4.69) is 4.98 Å². The summed E-state index contributed by atoms with van der Waals surface area (Å²) in [6.45, 7) is -0.0217. The van der Waals surface area contributed by atoms with Crippen molar-refractivity contribution in [2.24, 2.45) is 7.05 Å². The highest BCUT2D eigenvalue weighted by Gasteiger charge is 2.35. The fourth-order valence-electron chi connectivity index (χ4n) is 1.91. The fraction of sp³-hybridized carbons (Fsp3) is 0.700. The average molecular weight is 259 g/mol. The number of sulfonamides is 1. The fourth-order valence-corrected chi connectivity index (χ4v) is 3.56. The first-order chi connectivity index (χ1) is 8.05. The highest BCUT2D eigenvalue weighted by Crippen LogP contribution is 2.28. The molecule has 0 aliphatic heterocycles. The second kappa shape index (κ2) is 4.75. The number of hydrogen-bond acceptors (Lipinski definition) is 4. The first-order valence-corrected chi connectivity index (χ1v) is 7.10. The van der Waals surface area contributed by atoms with Crippen LogP contribution in [0.2, 0.25) is 0 Å². The SMILES string of the molecule is Cn1cnc(S(=O)(=O)N(CCO)C2CCC2)c1. The van der Waals surface area contributed by atoms with Crippen molar-refractivity contribution in [3.05, 3.63) is 12.5 Å². The van der Waals surface area contributed by atoms with Crippen LogP contribution in [0.1, 0.15) is 19.3 Å². The number of aromatic nitrogens is 2. The number of nitrogens with zero attached hydrogens (tertiary/aromatic N) is 3. The Bertz CT molecular complexity index is 479. The van der Waals surface area contributed by atoms with Crippen LogP contribution in [0.3, 0.4) is 0 Å². The molecule has 1 heterocycles. The zero-order valence-corrected chi connectivity index (χ0v) is 10.6. The van der Waals surface area contributed by atoms with Crippen molar-refractivity contribution in [2.75, 3.05) is 13.2 Å². The standard InChI is InChI=1S/C10H17N3O3S/c1-12-7-10(11-8-12)17(15,16)13(5-6-14)9-3-2-4-9/h7-9,14H,2-6H2,1H3. The topological polar surface area (TPSA) is 75.4 Å². The Morgan fingerprint density at radius 3 is 2.71 bits per heavy atom. The van der Waals surface area contributed by atoms with Crippen molar-refractivity contribution in [1.29, 1.82) is 0 Å². The molecule has 1 fully saturated rings. The maximum atomic E-state index is 12.3. The minimum absolute atomic E-state index is 0.0224. The van der Waals surface area contributed by atoms with Crippen molar-refractivity contribution in [3.8, 4) is 0 Å². The lowest BCUT2D eigenvalue weighted by molar-refractivity contribution is 0.178. The Kier molecular flexibility index (Phi) is 3.50. The van der Waals surface area contributed by atoms with E-state index in [0.717, 1.165) is 19.3 Å². The monoisotopic (exact) mass is 259 g/mol. The number of rotatable bonds is 5. The summed E-state index contributed by atoms with van der Waals surface area (Å²) in [6, 6.07) is 0.0224. The Balaban J connectivity index is 2.27. The van der Waals surface area contributed by atoms with Gasteiger partial charge in [0.05, 0.1) is 12.9 Å². The molecular formula is C10H17N3O3S. The predicted octanol–water partition coefficient (Wildman–Crippen LogP) is -0.0444. The quantitative estimate of drug-likeness (QED) is 0.805. The molecule has 1 aliphatic rings. The van der Waals surface area contributed by atoms with Gasteiger partial charge in [-0.25, -0.2) is 13.4 Å². The van der Waals surface area contributed by atoms with Crippen molar-refractivity contribution < 1.29 is 13.5 Å². The lowest BCUT2D eigenvalue weighted by atomic mass is 9.93. The molecule has 2 rings (SSSR count). The van der Waals surface area contributed by atoms with Gasteiger partial charge in [-0.2, -0.15) is 4.31 Å². The number of aliphatic hydroxyl groups excluding tert-OH is 1. The Labute approximate surface area is 101 Å². The highest BCUT2D eigenvalue weighted by atomic mass is 32.2. The van der Waals surface area contributed by atoms with E-state index in [1.165, 1.54) is 16.8 Å². The Hall–Kier alpha value is -0.920. The molecule has 0 aromatic carbocycles. The van der Waals surface area contributed by atoms with Crippen LogP contribution in [0.15, 0.2) is 17.6 Å². The van der Waals surface area contributed by atoms with Gasteiger partial charge < -0.3 is 9.67 Å². The van der Waals surface area contributed by atoms with Gasteiger partial charge in [-0.05, 0) is 12.8 Å². The molecule has 1 N–H and O–H groups in total. The summed E-state index contributed by atoms with van der Waals surface area (Å²) >= 11 is 0. The third-order valence-corrected chi connectivity index (χ3v) is 4.89. The Morgan fingerprint density at radius 1 is 1.59 bits per heavy atom. The lowest BCUT2D eigenvalue weighted by Crippen LogP contribution is -2.45. The smallest absolute Gasteiger partial charge is 0.262 e. The zero-order chi connectivity index (χ0) is 12.5. The first kappa shape index (κ1) is 12.5. The molecule has 1 aliphatic carbocycles. The molecular weight excluding hydrogens is 242 g/mol. The molecule has 0 atom stereocenters. The van der Waals surface area contributed by atoms with Gasteiger partial charge in [0.1, 0.15) is 0 Å². The first-order valence-electron chi connectivity index (χ1n) is 5.66. The van der Waals surface area contributed by atoms with Crippen molar-refractivity contribution in [3.63, 3.8) is 0 Å². The summed E-state index contributed by atoms with van der Waals surface area (Å²) in [5, 5.41) is 9.04. The molecule has 1 aromatic rings. The molecule has 0 radical (unpaired) electrons. The van der Waals surface area contributed by atoms with Crippen LogP contribution in [-0.2, 0) is 17.1 Å². The number of imidazole rings is 1. The van der Waals surface area contributed by atoms with Crippen LogP contribution in [0.4, 0.5) is 0 Å². The maximum absolute atomic E-state index is 12.3. The van der Waals surface area contributed by atoms with Crippen LogP contribution in [-0.4, -0.2) is 46.6 Å².